The Morgan fingerprint density at radius 3 is 3.00 bits per heavy atom. The molecule has 4 heterocycles. The van der Waals surface area contributed by atoms with Crippen molar-refractivity contribution in [3.8, 4) is 0 Å². The molecule has 2 aliphatic heterocycles. The minimum Gasteiger partial charge on any atom is -0.465 e. The number of hydrogen-bond acceptors (Lipinski definition) is 6. The third kappa shape index (κ3) is 3.66. The van der Waals surface area contributed by atoms with Crippen molar-refractivity contribution in [2.24, 2.45) is 5.92 Å². The maximum atomic E-state index is 14.3. The van der Waals surface area contributed by atoms with Gasteiger partial charge in [0.15, 0.2) is 11.9 Å². The smallest absolute Gasteiger partial charge is 0.407 e. The number of carbonyl (C=O) groups is 1. The number of amides is 1. The highest BCUT2D eigenvalue weighted by molar-refractivity contribution is 5.86. The number of fused-ring (bicyclic) bond motifs is 1. The van der Waals surface area contributed by atoms with E-state index in [-0.39, 0.29) is 18.7 Å². The molecule has 1 amide bonds. The van der Waals surface area contributed by atoms with Gasteiger partial charge in [-0.3, -0.25) is 0 Å². The zero-order valence-corrected chi connectivity index (χ0v) is 14.9. The molecule has 3 atom stereocenters. The number of aromatic nitrogens is 4. The first kappa shape index (κ1) is 17.9. The maximum absolute atomic E-state index is 14.3. The molecule has 27 heavy (non-hydrogen) atoms. The molecule has 4 rings (SSSR count). The Kier molecular flexibility index (Phi) is 5.06. The number of anilines is 1. The van der Waals surface area contributed by atoms with Gasteiger partial charge in [-0.05, 0) is 25.7 Å². The second-order valence-corrected chi connectivity index (χ2v) is 7.04. The van der Waals surface area contributed by atoms with E-state index < -0.39 is 12.3 Å². The summed E-state index contributed by atoms with van der Waals surface area (Å²) in [5.41, 5.74) is 0.692. The average molecular weight is 378 g/mol. The summed E-state index contributed by atoms with van der Waals surface area (Å²) in [5.74, 6) is 0.345. The number of hydrogen-bond donors (Lipinski definition) is 2. The van der Waals surface area contributed by atoms with Gasteiger partial charge < -0.3 is 20.1 Å². The number of alkyl halides is 1. The van der Waals surface area contributed by atoms with Crippen molar-refractivity contribution in [1.29, 1.82) is 0 Å². The predicted octanol–water partition coefficient (Wildman–Crippen LogP) is 2.28. The average Bonchev–Trinajstić information content (AvgIpc) is 3.12. The first-order valence-corrected chi connectivity index (χ1v) is 9.29. The second kappa shape index (κ2) is 7.63. The molecule has 0 bridgehead atoms. The van der Waals surface area contributed by atoms with Crippen LogP contribution in [0.2, 0.25) is 0 Å². The van der Waals surface area contributed by atoms with Gasteiger partial charge in [-0.15, -0.1) is 0 Å². The molecule has 2 fully saturated rings. The Labute approximate surface area is 155 Å². The van der Waals surface area contributed by atoms with Crippen LogP contribution in [0, 0.1) is 5.92 Å². The van der Waals surface area contributed by atoms with Crippen LogP contribution < -0.4 is 5.32 Å². The molecule has 2 aromatic heterocycles. The highest BCUT2D eigenvalue weighted by atomic mass is 19.1. The third-order valence-electron chi connectivity index (χ3n) is 5.30. The number of nitrogens with one attached hydrogen (secondary N) is 1. The van der Waals surface area contributed by atoms with Crippen LogP contribution in [0.15, 0.2) is 12.5 Å². The van der Waals surface area contributed by atoms with E-state index in [9.17, 15) is 9.18 Å². The lowest BCUT2D eigenvalue weighted by atomic mass is 9.95. The van der Waals surface area contributed by atoms with Gasteiger partial charge in [0.05, 0.1) is 18.1 Å². The fourth-order valence-corrected chi connectivity index (χ4v) is 3.72. The summed E-state index contributed by atoms with van der Waals surface area (Å²) in [6, 6.07) is 0. The maximum Gasteiger partial charge on any atom is 0.407 e. The lowest BCUT2D eigenvalue weighted by Crippen LogP contribution is -2.46. The van der Waals surface area contributed by atoms with E-state index in [0.717, 1.165) is 36.2 Å². The summed E-state index contributed by atoms with van der Waals surface area (Å²) in [5, 5.41) is 17.4. The molecule has 3 unspecified atom stereocenters. The number of rotatable bonds is 4. The first-order chi connectivity index (χ1) is 13.1. The van der Waals surface area contributed by atoms with Gasteiger partial charge in [-0.2, -0.15) is 5.10 Å². The summed E-state index contributed by atoms with van der Waals surface area (Å²) in [6.45, 7) is 1.36. The van der Waals surface area contributed by atoms with Crippen molar-refractivity contribution in [1.82, 2.24) is 24.6 Å². The summed E-state index contributed by atoms with van der Waals surface area (Å²) in [4.78, 5) is 20.7. The molecule has 146 valence electrons. The van der Waals surface area contributed by atoms with Crippen molar-refractivity contribution >= 4 is 22.9 Å². The van der Waals surface area contributed by atoms with E-state index in [4.69, 9.17) is 9.84 Å². The third-order valence-corrected chi connectivity index (χ3v) is 5.30. The molecule has 0 spiro atoms. The Morgan fingerprint density at radius 1 is 1.37 bits per heavy atom. The first-order valence-electron chi connectivity index (χ1n) is 9.29. The van der Waals surface area contributed by atoms with Crippen LogP contribution in [-0.2, 0) is 4.74 Å². The number of ether oxygens (including phenoxy) is 1. The molecule has 0 aliphatic carbocycles. The highest BCUT2D eigenvalue weighted by Crippen LogP contribution is 2.28. The monoisotopic (exact) mass is 378 g/mol. The Hall–Kier alpha value is -2.49. The second-order valence-electron chi connectivity index (χ2n) is 7.04. The fraction of sp³-hybridized carbons (Fsp3) is 0.647. The normalized spacial score (nSPS) is 26.3. The van der Waals surface area contributed by atoms with Crippen LogP contribution in [-0.4, -0.2) is 68.3 Å². The molecule has 0 aromatic carbocycles. The summed E-state index contributed by atoms with van der Waals surface area (Å²) in [7, 11) is 0. The molecule has 2 saturated heterocycles. The van der Waals surface area contributed by atoms with E-state index in [0.29, 0.717) is 31.0 Å². The van der Waals surface area contributed by atoms with Gasteiger partial charge in [0.25, 0.3) is 0 Å². The summed E-state index contributed by atoms with van der Waals surface area (Å²) in [6.07, 6.45) is 4.31. The molecular weight excluding hydrogens is 355 g/mol. The van der Waals surface area contributed by atoms with E-state index in [1.165, 1.54) is 6.33 Å². The van der Waals surface area contributed by atoms with Gasteiger partial charge >= 0.3 is 6.09 Å². The van der Waals surface area contributed by atoms with Crippen molar-refractivity contribution < 1.29 is 19.0 Å². The molecule has 0 radical (unpaired) electrons. The number of piperidine rings is 1. The van der Waals surface area contributed by atoms with Crippen molar-refractivity contribution in [3.63, 3.8) is 0 Å². The molecule has 0 saturated carbocycles. The van der Waals surface area contributed by atoms with Gasteiger partial charge in [-0.1, -0.05) is 0 Å². The molecule has 9 nitrogen and oxygen atoms in total. The lowest BCUT2D eigenvalue weighted by molar-refractivity contribution is -0.0370. The minimum atomic E-state index is -1.20. The van der Waals surface area contributed by atoms with Crippen LogP contribution in [0.4, 0.5) is 15.0 Å². The number of halogens is 1. The molecule has 2 aromatic rings. The Morgan fingerprint density at radius 2 is 2.26 bits per heavy atom. The Bertz CT molecular complexity index is 809. The van der Waals surface area contributed by atoms with Gasteiger partial charge in [-0.25, -0.2) is 23.8 Å². The topological polar surface area (TPSA) is 105 Å². The van der Waals surface area contributed by atoms with E-state index >= 15 is 0 Å². The van der Waals surface area contributed by atoms with Gasteiger partial charge in [0.2, 0.25) is 0 Å². The van der Waals surface area contributed by atoms with Crippen molar-refractivity contribution in [2.75, 3.05) is 31.6 Å². The SMILES string of the molecule is O=C(O)N1CCC(CNc2ncnc3c2cnn3C2CCCCO2)C(F)C1. The van der Waals surface area contributed by atoms with Crippen LogP contribution >= 0.6 is 0 Å². The van der Waals surface area contributed by atoms with Crippen LogP contribution in [0.25, 0.3) is 11.0 Å². The molecular formula is C17H23FN6O3. The van der Waals surface area contributed by atoms with Gasteiger partial charge in [0.1, 0.15) is 18.3 Å². The zero-order valence-electron chi connectivity index (χ0n) is 14.9. The fourth-order valence-electron chi connectivity index (χ4n) is 3.72. The van der Waals surface area contributed by atoms with Crippen LogP contribution in [0.5, 0.6) is 0 Å². The van der Waals surface area contributed by atoms with E-state index in [1.807, 2.05) is 0 Å². The quantitative estimate of drug-likeness (QED) is 0.841. The Balaban J connectivity index is 1.45. The zero-order chi connectivity index (χ0) is 18.8. The highest BCUT2D eigenvalue weighted by Gasteiger charge is 2.31. The number of likely N-dealkylation sites (tertiary alicyclic amines) is 1. The number of carboxylic acid groups (broad SMARTS) is 1. The summed E-state index contributed by atoms with van der Waals surface area (Å²) < 4.78 is 21.9. The standard InChI is InChI=1S/C17H23FN6O3/c18-13-9-23(17(25)26)5-4-11(13)7-19-15-12-8-22-24(16(12)21-10-20-15)14-3-1-2-6-27-14/h8,10-11,13-14H,1-7,9H2,(H,25,26)(H,19,20,21). The van der Waals surface area contributed by atoms with E-state index in [2.05, 4.69) is 20.4 Å². The molecule has 2 N–H and O–H groups in total. The largest absolute Gasteiger partial charge is 0.465 e. The van der Waals surface area contributed by atoms with Gasteiger partial charge in [0, 0.05) is 25.6 Å². The van der Waals surface area contributed by atoms with Crippen molar-refractivity contribution in [2.45, 2.75) is 38.1 Å². The van der Waals surface area contributed by atoms with Crippen molar-refractivity contribution in [3.05, 3.63) is 12.5 Å². The van der Waals surface area contributed by atoms with Crippen LogP contribution in [0.3, 0.4) is 0 Å². The summed E-state index contributed by atoms with van der Waals surface area (Å²) >= 11 is 0. The lowest BCUT2D eigenvalue weighted by Gasteiger charge is -2.33. The molecule has 10 heteroatoms. The minimum absolute atomic E-state index is 0.0855. The van der Waals surface area contributed by atoms with Crippen LogP contribution in [0.1, 0.15) is 31.9 Å². The number of nitrogens with zero attached hydrogens (tertiary/aromatic N) is 5. The predicted molar refractivity (Wildman–Crippen MR) is 95.3 cm³/mol. The van der Waals surface area contributed by atoms with E-state index in [1.54, 1.807) is 10.9 Å². The molecule has 2 aliphatic rings.